The average molecular weight is 241 g/mol. The second-order valence-electron chi connectivity index (χ2n) is 0.493. The summed E-state index contributed by atoms with van der Waals surface area (Å²) >= 11 is 1.55. The van der Waals surface area contributed by atoms with E-state index in [0.29, 0.717) is 0 Å². The standard InChI is InChI=1S/C3H5.BrH.Sn/c1-3-2;;/h3H,1-2H2;1H;. The fraction of sp³-hybridized carbons (Fsp3) is 0.333. The molecule has 0 N–H and O–H groups in total. The van der Waals surface area contributed by atoms with Gasteiger partial charge in [-0.3, -0.25) is 0 Å². The summed E-state index contributed by atoms with van der Waals surface area (Å²) in [4.78, 5) is 0. The van der Waals surface area contributed by atoms with Crippen LogP contribution in [0, 0.1) is 0 Å². The molecule has 0 saturated carbocycles. The molecule has 29 valence electrons. The Morgan fingerprint density at radius 1 is 1.80 bits per heavy atom. The summed E-state index contributed by atoms with van der Waals surface area (Å²) in [6.07, 6.45) is 1.92. The third-order valence-electron chi connectivity index (χ3n) is 0.144. The predicted molar refractivity (Wildman–Crippen MR) is 31.1 cm³/mol. The van der Waals surface area contributed by atoms with Crippen molar-refractivity contribution in [2.24, 2.45) is 0 Å². The topological polar surface area (TPSA) is 0 Å². The molecule has 0 unspecified atom stereocenters. The maximum absolute atomic E-state index is 3.50. The first-order valence-corrected chi connectivity index (χ1v) is 3.19. The van der Waals surface area contributed by atoms with E-state index in [1.807, 2.05) is 6.08 Å². The Morgan fingerprint density at radius 3 is 2.00 bits per heavy atom. The molecule has 0 aromatic rings. The zero-order chi connectivity index (χ0) is 3.41. The van der Waals surface area contributed by atoms with Gasteiger partial charge in [0.05, 0.1) is 0 Å². The maximum atomic E-state index is 3.50. The van der Waals surface area contributed by atoms with E-state index in [1.54, 1.807) is 22.5 Å². The van der Waals surface area contributed by atoms with Gasteiger partial charge >= 0.3 is 39.6 Å². The molecule has 0 bridgehead atoms. The van der Waals surface area contributed by atoms with Crippen molar-refractivity contribution < 1.29 is 0 Å². The van der Waals surface area contributed by atoms with Gasteiger partial charge in [0.25, 0.3) is 0 Å². The summed E-state index contributed by atoms with van der Waals surface area (Å²) in [7, 11) is 0. The quantitative estimate of drug-likeness (QED) is 0.479. The summed E-state index contributed by atoms with van der Waals surface area (Å²) in [5.41, 5.74) is 0. The zero-order valence-corrected chi connectivity index (χ0v) is 7.47. The van der Waals surface area contributed by atoms with Crippen LogP contribution in [0.1, 0.15) is 0 Å². The summed E-state index contributed by atoms with van der Waals surface area (Å²) < 4.78 is 1.17. The van der Waals surface area contributed by atoms with Crippen LogP contribution in [0.15, 0.2) is 12.7 Å². The van der Waals surface area contributed by atoms with Crippen molar-refractivity contribution in [1.29, 1.82) is 0 Å². The Hall–Kier alpha value is 1.02. The van der Waals surface area contributed by atoms with Crippen molar-refractivity contribution >= 4 is 39.5 Å². The molecule has 0 fully saturated rings. The van der Waals surface area contributed by atoms with Crippen molar-refractivity contribution in [1.82, 2.24) is 0 Å². The monoisotopic (exact) mass is 241 g/mol. The van der Waals surface area contributed by atoms with Gasteiger partial charge in [0.15, 0.2) is 0 Å². The van der Waals surface area contributed by atoms with E-state index in [2.05, 4.69) is 6.58 Å². The van der Waals surface area contributed by atoms with Crippen LogP contribution in [0.25, 0.3) is 0 Å². The molecule has 0 spiro atoms. The molecule has 0 atom stereocenters. The minimum atomic E-state index is 0. The van der Waals surface area contributed by atoms with Crippen LogP contribution >= 0.6 is 17.0 Å². The molecule has 3 radical (unpaired) electrons. The first kappa shape index (κ1) is 9.39. The molecule has 0 saturated heterocycles. The van der Waals surface area contributed by atoms with Crippen molar-refractivity contribution in [3.63, 3.8) is 0 Å². The second kappa shape index (κ2) is 8.89. The van der Waals surface area contributed by atoms with Gasteiger partial charge in [-0.2, -0.15) is 0 Å². The van der Waals surface area contributed by atoms with Crippen LogP contribution in [0.4, 0.5) is 0 Å². The third kappa shape index (κ3) is 11.2. The van der Waals surface area contributed by atoms with E-state index < -0.39 is 0 Å². The molecule has 5 heavy (non-hydrogen) atoms. The van der Waals surface area contributed by atoms with Crippen molar-refractivity contribution in [3.8, 4) is 0 Å². The van der Waals surface area contributed by atoms with Crippen LogP contribution in [0.5, 0.6) is 0 Å². The molecule has 0 rings (SSSR count). The molecule has 0 heterocycles. The van der Waals surface area contributed by atoms with Gasteiger partial charge < -0.3 is 0 Å². The van der Waals surface area contributed by atoms with Gasteiger partial charge in [0, 0.05) is 0 Å². The molecule has 0 aromatic heterocycles. The Balaban J connectivity index is 0. The zero-order valence-electron chi connectivity index (χ0n) is 2.90. The summed E-state index contributed by atoms with van der Waals surface area (Å²) in [5.74, 6) is 0. The van der Waals surface area contributed by atoms with Gasteiger partial charge in [-0.05, 0) is 0 Å². The predicted octanol–water partition coefficient (Wildman–Crippen LogP) is 1.34. The summed E-state index contributed by atoms with van der Waals surface area (Å²) in [6, 6.07) is 0. The van der Waals surface area contributed by atoms with Crippen LogP contribution in [-0.2, 0) is 0 Å². The third-order valence-corrected chi connectivity index (χ3v) is 0.968. The fourth-order valence-corrected chi connectivity index (χ4v) is 0. The van der Waals surface area contributed by atoms with Gasteiger partial charge in [0.2, 0.25) is 0 Å². The SMILES string of the molecule is Br.C=C[CH2][Sn]. The van der Waals surface area contributed by atoms with Crippen LogP contribution in [0.3, 0.4) is 0 Å². The van der Waals surface area contributed by atoms with Crippen molar-refractivity contribution in [2.75, 3.05) is 0 Å². The van der Waals surface area contributed by atoms with Crippen molar-refractivity contribution in [2.45, 2.75) is 4.44 Å². The summed E-state index contributed by atoms with van der Waals surface area (Å²) in [6.45, 7) is 3.50. The number of halogens is 1. The Kier molecular flexibility index (Phi) is 16.7. The Labute approximate surface area is 56.5 Å². The van der Waals surface area contributed by atoms with E-state index in [1.165, 1.54) is 4.44 Å². The van der Waals surface area contributed by atoms with E-state index in [-0.39, 0.29) is 17.0 Å². The molecule has 0 aromatic carbocycles. The Bertz CT molecular complexity index is 20.9. The number of rotatable bonds is 1. The molecule has 0 aliphatic carbocycles. The van der Waals surface area contributed by atoms with Crippen LogP contribution in [0.2, 0.25) is 4.44 Å². The average Bonchev–Trinajstić information content (AvgIpc) is 1.37. The first-order chi connectivity index (χ1) is 1.91. The van der Waals surface area contributed by atoms with Crippen LogP contribution < -0.4 is 0 Å². The van der Waals surface area contributed by atoms with Gasteiger partial charge in [-0.15, -0.1) is 17.0 Å². The molecular formula is C3H6BrSn. The van der Waals surface area contributed by atoms with E-state index >= 15 is 0 Å². The van der Waals surface area contributed by atoms with Crippen LogP contribution in [-0.4, -0.2) is 22.5 Å². The summed E-state index contributed by atoms with van der Waals surface area (Å²) in [5, 5.41) is 0. The van der Waals surface area contributed by atoms with Crippen molar-refractivity contribution in [3.05, 3.63) is 12.7 Å². The molecule has 2 heteroatoms. The molecule has 0 aliphatic rings. The van der Waals surface area contributed by atoms with E-state index in [9.17, 15) is 0 Å². The number of hydrogen-bond donors (Lipinski definition) is 0. The number of hydrogen-bond acceptors (Lipinski definition) is 0. The normalized spacial score (nSPS) is 5.00. The van der Waals surface area contributed by atoms with Gasteiger partial charge in [-0.25, -0.2) is 0 Å². The molecule has 0 amide bonds. The van der Waals surface area contributed by atoms with E-state index in [0.717, 1.165) is 0 Å². The minimum absolute atomic E-state index is 0. The Morgan fingerprint density at radius 2 is 2.00 bits per heavy atom. The molecular weight excluding hydrogens is 235 g/mol. The first-order valence-electron chi connectivity index (χ1n) is 1.17. The van der Waals surface area contributed by atoms with Gasteiger partial charge in [-0.1, -0.05) is 0 Å². The molecule has 0 nitrogen and oxygen atoms in total. The molecule has 0 aliphatic heterocycles. The second-order valence-corrected chi connectivity index (χ2v) is 1.66. The van der Waals surface area contributed by atoms with E-state index in [4.69, 9.17) is 0 Å². The van der Waals surface area contributed by atoms with Gasteiger partial charge in [0.1, 0.15) is 0 Å². The number of allylic oxidation sites excluding steroid dienone is 1. The fourth-order valence-electron chi connectivity index (χ4n) is 0.